The van der Waals surface area contributed by atoms with Gasteiger partial charge in [0.15, 0.2) is 5.82 Å². The number of ether oxygens (including phenoxy) is 1. The van der Waals surface area contributed by atoms with E-state index >= 15 is 4.39 Å². The quantitative estimate of drug-likeness (QED) is 0.286. The van der Waals surface area contributed by atoms with Crippen LogP contribution in [0.25, 0.3) is 22.0 Å². The molecule has 2 bridgehead atoms. The largest absolute Gasteiger partial charge is 0.508 e. The van der Waals surface area contributed by atoms with Crippen molar-refractivity contribution in [2.75, 3.05) is 24.7 Å². The second-order valence-electron chi connectivity index (χ2n) is 13.3. The molecule has 9 nitrogen and oxygen atoms in total. The van der Waals surface area contributed by atoms with Crippen LogP contribution < -0.4 is 15.0 Å². The number of rotatable bonds is 4. The summed E-state index contributed by atoms with van der Waals surface area (Å²) in [6.07, 6.45) is 8.06. The van der Waals surface area contributed by atoms with Gasteiger partial charge in [-0.25, -0.2) is 24.3 Å². The average Bonchev–Trinajstić information content (AvgIpc) is 3.97. The summed E-state index contributed by atoms with van der Waals surface area (Å²) in [7, 11) is 0. The van der Waals surface area contributed by atoms with Crippen molar-refractivity contribution in [1.82, 2.24) is 25.2 Å². The molecule has 0 spiro atoms. The highest BCUT2D eigenvalue weighted by atomic mass is 35.5. The maximum absolute atomic E-state index is 17.7. The van der Waals surface area contributed by atoms with Crippen molar-refractivity contribution in [2.24, 2.45) is 4.99 Å². The molecule has 0 amide bonds. The molecule has 228 valence electrons. The lowest BCUT2D eigenvalue weighted by Gasteiger charge is -2.42. The number of anilines is 2. The van der Waals surface area contributed by atoms with E-state index in [2.05, 4.69) is 10.2 Å². The SMILES string of the molecule is Oc1cc(-c2nc3c4c(c2F)N(c2c(C5CC5)ncnc2C2CC2)CN=C4N2CC4CCC(N4)C2CO3)c2c(Cl)cccc2c1. The van der Waals surface area contributed by atoms with E-state index in [0.29, 0.717) is 63.0 Å². The molecule has 2 N–H and O–H groups in total. The van der Waals surface area contributed by atoms with Crippen LogP contribution in [0.15, 0.2) is 41.7 Å². The zero-order chi connectivity index (χ0) is 30.0. The third kappa shape index (κ3) is 3.94. The lowest BCUT2D eigenvalue weighted by Crippen LogP contribution is -2.61. The molecular weight excluding hydrogens is 593 g/mol. The Morgan fingerprint density at radius 1 is 1.00 bits per heavy atom. The Hall–Kier alpha value is -4.02. The number of phenols is 1. The van der Waals surface area contributed by atoms with Crippen molar-refractivity contribution in [3.63, 3.8) is 0 Å². The zero-order valence-corrected chi connectivity index (χ0v) is 25.3. The van der Waals surface area contributed by atoms with Gasteiger partial charge in [-0.15, -0.1) is 0 Å². The smallest absolute Gasteiger partial charge is 0.227 e. The maximum atomic E-state index is 17.7. The van der Waals surface area contributed by atoms with Crippen LogP contribution >= 0.6 is 11.6 Å². The number of benzene rings is 2. The number of fused-ring (bicyclic) bond motifs is 6. The van der Waals surface area contributed by atoms with Gasteiger partial charge in [0.05, 0.1) is 28.8 Å². The number of hydrogen-bond acceptors (Lipinski definition) is 9. The Bertz CT molecular complexity index is 1930. The van der Waals surface area contributed by atoms with Crippen LogP contribution in [0.3, 0.4) is 0 Å². The predicted molar refractivity (Wildman–Crippen MR) is 169 cm³/mol. The van der Waals surface area contributed by atoms with Crippen LogP contribution in [0.4, 0.5) is 15.8 Å². The molecular formula is C34H31ClFN7O2. The third-order valence-corrected chi connectivity index (χ3v) is 10.7. The molecule has 3 unspecified atom stereocenters. The third-order valence-electron chi connectivity index (χ3n) is 10.4. The minimum atomic E-state index is -0.500. The van der Waals surface area contributed by atoms with Gasteiger partial charge in [-0.05, 0) is 62.1 Å². The van der Waals surface area contributed by atoms with Gasteiger partial charge in [0, 0.05) is 46.4 Å². The number of pyridine rings is 1. The Kier molecular flexibility index (Phi) is 5.53. The van der Waals surface area contributed by atoms with Crippen molar-refractivity contribution in [3.05, 3.63) is 64.5 Å². The Morgan fingerprint density at radius 3 is 2.58 bits per heavy atom. The standard InChI is InChI=1S/C34H31ClFN7O2/c35-22-3-1-2-18-10-20(44)11-21(25(18)22)30-27(36)31-26-33(42-12-19-8-9-23(40-19)24(42)13-45-34(26)41-30)39-15-43(31)32-28(16-4-5-16)37-14-38-29(32)17-6-7-17/h1-3,10-11,14,16-17,19,23-24,40,44H,4-9,12-13,15H2. The van der Waals surface area contributed by atoms with Crippen LogP contribution in [0.5, 0.6) is 11.6 Å². The number of aliphatic imine (C=N–C) groups is 1. The van der Waals surface area contributed by atoms with Crippen molar-refractivity contribution >= 4 is 39.6 Å². The molecule has 2 aliphatic carbocycles. The van der Waals surface area contributed by atoms with Crippen molar-refractivity contribution in [1.29, 1.82) is 0 Å². The summed E-state index contributed by atoms with van der Waals surface area (Å²) in [5.41, 5.74) is 4.27. The molecule has 3 atom stereocenters. The fourth-order valence-corrected chi connectivity index (χ4v) is 8.30. The summed E-state index contributed by atoms with van der Waals surface area (Å²) in [4.78, 5) is 24.0. The molecule has 2 saturated carbocycles. The van der Waals surface area contributed by atoms with E-state index in [1.54, 1.807) is 24.5 Å². The Labute approximate surface area is 264 Å². The van der Waals surface area contributed by atoms with Crippen LogP contribution in [0.1, 0.15) is 67.3 Å². The van der Waals surface area contributed by atoms with E-state index in [0.717, 1.165) is 68.0 Å². The molecule has 4 fully saturated rings. The van der Waals surface area contributed by atoms with Gasteiger partial charge in [-0.2, -0.15) is 0 Å². The van der Waals surface area contributed by atoms with Crippen molar-refractivity contribution in [2.45, 2.75) is 68.5 Å². The zero-order valence-electron chi connectivity index (χ0n) is 24.5. The molecule has 0 radical (unpaired) electrons. The van der Waals surface area contributed by atoms with E-state index in [1.807, 2.05) is 17.0 Å². The van der Waals surface area contributed by atoms with E-state index in [4.69, 9.17) is 36.3 Å². The first kappa shape index (κ1) is 26.2. The maximum Gasteiger partial charge on any atom is 0.227 e. The molecule has 10 rings (SSSR count). The number of nitrogens with zero attached hydrogens (tertiary/aromatic N) is 6. The Morgan fingerprint density at radius 2 is 1.80 bits per heavy atom. The highest BCUT2D eigenvalue weighted by molar-refractivity contribution is 6.36. The van der Waals surface area contributed by atoms with Crippen LogP contribution in [-0.2, 0) is 0 Å². The second kappa shape index (κ2) is 9.50. The minimum Gasteiger partial charge on any atom is -0.508 e. The highest BCUT2D eigenvalue weighted by Crippen LogP contribution is 2.53. The molecule has 2 aromatic carbocycles. The fourth-order valence-electron chi connectivity index (χ4n) is 8.02. The van der Waals surface area contributed by atoms with Gasteiger partial charge in [-0.3, -0.25) is 0 Å². The van der Waals surface area contributed by atoms with Gasteiger partial charge in [0.2, 0.25) is 5.88 Å². The number of halogens is 2. The molecule has 4 aromatic rings. The second-order valence-corrected chi connectivity index (χ2v) is 13.7. The molecule has 2 saturated heterocycles. The van der Waals surface area contributed by atoms with E-state index < -0.39 is 5.82 Å². The predicted octanol–water partition coefficient (Wildman–Crippen LogP) is 6.00. The summed E-state index contributed by atoms with van der Waals surface area (Å²) >= 11 is 6.74. The number of amidine groups is 1. The average molecular weight is 624 g/mol. The highest BCUT2D eigenvalue weighted by Gasteiger charge is 2.48. The van der Waals surface area contributed by atoms with Crippen LogP contribution in [-0.4, -0.2) is 68.7 Å². The van der Waals surface area contributed by atoms with Gasteiger partial charge in [0.25, 0.3) is 0 Å². The van der Waals surface area contributed by atoms with E-state index in [1.165, 1.54) is 0 Å². The first-order valence-corrected chi connectivity index (χ1v) is 16.4. The van der Waals surface area contributed by atoms with Crippen LogP contribution in [0, 0.1) is 5.82 Å². The summed E-state index contributed by atoms with van der Waals surface area (Å²) in [5, 5.41) is 16.3. The van der Waals surface area contributed by atoms with Gasteiger partial charge < -0.3 is 25.0 Å². The lowest BCUT2D eigenvalue weighted by atomic mass is 9.97. The van der Waals surface area contributed by atoms with E-state index in [9.17, 15) is 5.11 Å². The molecule has 6 heterocycles. The molecule has 45 heavy (non-hydrogen) atoms. The van der Waals surface area contributed by atoms with Gasteiger partial charge in [-0.1, -0.05) is 23.7 Å². The normalized spacial score (nSPS) is 25.0. The summed E-state index contributed by atoms with van der Waals surface area (Å²) < 4.78 is 24.3. The van der Waals surface area contributed by atoms with Crippen LogP contribution in [0.2, 0.25) is 5.02 Å². The number of piperazine rings is 1. The lowest BCUT2D eigenvalue weighted by molar-refractivity contribution is 0.140. The first-order valence-electron chi connectivity index (χ1n) is 16.0. The monoisotopic (exact) mass is 623 g/mol. The van der Waals surface area contributed by atoms with Crippen molar-refractivity contribution in [3.8, 4) is 22.9 Å². The molecule has 2 aromatic heterocycles. The number of hydrogen-bond donors (Lipinski definition) is 2. The fraction of sp³-hybridized carbons (Fsp3) is 0.412. The number of aromatic nitrogens is 3. The molecule has 6 aliphatic rings. The number of phenolic OH excluding ortho intramolecular Hbond substituents is 1. The molecule has 11 heteroatoms. The Balaban J connectivity index is 1.25. The summed E-state index contributed by atoms with van der Waals surface area (Å²) in [6, 6.07) is 9.31. The number of aromatic hydroxyl groups is 1. The first-order chi connectivity index (χ1) is 22.0. The number of nitrogens with one attached hydrogen (secondary N) is 1. The van der Waals surface area contributed by atoms with Crippen molar-refractivity contribution < 1.29 is 14.2 Å². The molecule has 4 aliphatic heterocycles. The topological polar surface area (TPSA) is 99.0 Å². The van der Waals surface area contributed by atoms with Gasteiger partial charge >= 0.3 is 0 Å². The summed E-state index contributed by atoms with van der Waals surface area (Å²) in [5.74, 6) is 1.25. The van der Waals surface area contributed by atoms with E-state index in [-0.39, 0.29) is 30.2 Å². The summed E-state index contributed by atoms with van der Waals surface area (Å²) in [6.45, 7) is 1.43. The minimum absolute atomic E-state index is 0.00677. The van der Waals surface area contributed by atoms with Gasteiger partial charge in [0.1, 0.15) is 42.4 Å².